The van der Waals surface area contributed by atoms with Gasteiger partial charge in [-0.1, -0.05) is 89.9 Å². The maximum absolute atomic E-state index is 13.2. The number of amides is 1. The molecule has 194 valence electrons. The van der Waals surface area contributed by atoms with E-state index in [0.29, 0.717) is 38.8 Å². The zero-order chi connectivity index (χ0) is 27.2. The molecule has 8 heteroatoms. The standard InChI is InChI=1S/C30H26Cl2N2O4/c1-19-7-6-10-25(32)27(19)28(35)33-26(30(37)38-2)15-20-11-13-22(14-12-20)24-16-23(31)18-34(29(24)36)17-21-8-4-3-5-9-21/h3-14,16,18,26H,15,17H2,1-2H3,(H,33,35). The average molecular weight is 549 g/mol. The smallest absolute Gasteiger partial charge is 0.328 e. The topological polar surface area (TPSA) is 77.4 Å². The second-order valence-corrected chi connectivity index (χ2v) is 9.72. The van der Waals surface area contributed by atoms with Gasteiger partial charge in [-0.05, 0) is 41.3 Å². The van der Waals surface area contributed by atoms with Crippen LogP contribution in [-0.2, 0) is 22.5 Å². The highest BCUT2D eigenvalue weighted by Crippen LogP contribution is 2.22. The van der Waals surface area contributed by atoms with Crippen LogP contribution in [-0.4, -0.2) is 29.6 Å². The van der Waals surface area contributed by atoms with Crippen molar-refractivity contribution >= 4 is 35.1 Å². The summed E-state index contributed by atoms with van der Waals surface area (Å²) in [4.78, 5) is 38.6. The Hall–Kier alpha value is -3.87. The summed E-state index contributed by atoms with van der Waals surface area (Å²) in [5, 5.41) is 3.49. The summed E-state index contributed by atoms with van der Waals surface area (Å²) in [6.45, 7) is 2.17. The van der Waals surface area contributed by atoms with E-state index >= 15 is 0 Å². The molecule has 0 saturated heterocycles. The van der Waals surface area contributed by atoms with E-state index in [0.717, 1.165) is 11.1 Å². The van der Waals surface area contributed by atoms with Gasteiger partial charge >= 0.3 is 5.97 Å². The Morgan fingerprint density at radius 1 is 0.947 bits per heavy atom. The normalized spacial score (nSPS) is 11.6. The first-order valence-electron chi connectivity index (χ1n) is 11.9. The van der Waals surface area contributed by atoms with Gasteiger partial charge in [-0.3, -0.25) is 9.59 Å². The molecule has 0 spiro atoms. The minimum atomic E-state index is -0.928. The van der Waals surface area contributed by atoms with Crippen molar-refractivity contribution in [1.82, 2.24) is 9.88 Å². The third-order valence-electron chi connectivity index (χ3n) is 6.19. The molecule has 3 aromatic carbocycles. The lowest BCUT2D eigenvalue weighted by Gasteiger charge is -2.18. The number of hydrogen-bond acceptors (Lipinski definition) is 4. The maximum atomic E-state index is 13.2. The van der Waals surface area contributed by atoms with Crippen molar-refractivity contribution in [2.75, 3.05) is 7.11 Å². The molecule has 1 heterocycles. The molecule has 1 aromatic heterocycles. The van der Waals surface area contributed by atoms with Gasteiger partial charge in [0.15, 0.2) is 0 Å². The minimum Gasteiger partial charge on any atom is -0.467 e. The van der Waals surface area contributed by atoms with E-state index in [9.17, 15) is 14.4 Å². The number of hydrogen-bond donors (Lipinski definition) is 1. The van der Waals surface area contributed by atoms with E-state index in [-0.39, 0.29) is 12.0 Å². The lowest BCUT2D eigenvalue weighted by molar-refractivity contribution is -0.142. The van der Waals surface area contributed by atoms with E-state index in [1.54, 1.807) is 66.2 Å². The van der Waals surface area contributed by atoms with Crippen LogP contribution < -0.4 is 10.9 Å². The Labute approximate surface area is 230 Å². The van der Waals surface area contributed by atoms with E-state index in [1.807, 2.05) is 30.3 Å². The van der Waals surface area contributed by atoms with Crippen LogP contribution in [0.4, 0.5) is 0 Å². The average Bonchev–Trinajstić information content (AvgIpc) is 2.90. The van der Waals surface area contributed by atoms with Crippen LogP contribution in [0.15, 0.2) is 89.9 Å². The quantitative estimate of drug-likeness (QED) is 0.287. The summed E-state index contributed by atoms with van der Waals surface area (Å²) in [7, 11) is 1.27. The monoisotopic (exact) mass is 548 g/mol. The van der Waals surface area contributed by atoms with Crippen molar-refractivity contribution < 1.29 is 14.3 Å². The number of benzene rings is 3. The molecule has 0 aliphatic rings. The predicted octanol–water partition coefficient (Wildman–Crippen LogP) is 5.69. The van der Waals surface area contributed by atoms with Gasteiger partial charge in [-0.25, -0.2) is 4.79 Å². The molecule has 1 amide bonds. The molecule has 6 nitrogen and oxygen atoms in total. The van der Waals surface area contributed by atoms with Crippen LogP contribution in [0.1, 0.15) is 27.0 Å². The molecule has 38 heavy (non-hydrogen) atoms. The number of nitrogens with one attached hydrogen (secondary N) is 1. The van der Waals surface area contributed by atoms with Crippen molar-refractivity contribution in [1.29, 1.82) is 0 Å². The summed E-state index contributed by atoms with van der Waals surface area (Å²) in [6, 6.07) is 22.7. The van der Waals surface area contributed by atoms with Crippen LogP contribution >= 0.6 is 23.2 Å². The van der Waals surface area contributed by atoms with Gasteiger partial charge in [0.2, 0.25) is 0 Å². The molecule has 0 bridgehead atoms. The van der Waals surface area contributed by atoms with Crippen molar-refractivity contribution in [3.8, 4) is 11.1 Å². The highest BCUT2D eigenvalue weighted by molar-refractivity contribution is 6.34. The first-order chi connectivity index (χ1) is 18.3. The highest BCUT2D eigenvalue weighted by Gasteiger charge is 2.24. The Bertz CT molecular complexity index is 1500. The summed E-state index contributed by atoms with van der Waals surface area (Å²) < 4.78 is 6.50. The maximum Gasteiger partial charge on any atom is 0.328 e. The number of carbonyl (C=O) groups excluding carboxylic acids is 2. The van der Waals surface area contributed by atoms with Crippen LogP contribution in [0.5, 0.6) is 0 Å². The zero-order valence-corrected chi connectivity index (χ0v) is 22.4. The Kier molecular flexibility index (Phi) is 8.66. The molecule has 1 atom stereocenters. The summed E-state index contributed by atoms with van der Waals surface area (Å²) in [5.74, 6) is -1.04. The molecule has 0 radical (unpaired) electrons. The molecular formula is C30H26Cl2N2O4. The van der Waals surface area contributed by atoms with E-state index < -0.39 is 17.9 Å². The number of pyridine rings is 1. The fraction of sp³-hybridized carbons (Fsp3) is 0.167. The highest BCUT2D eigenvalue weighted by atomic mass is 35.5. The SMILES string of the molecule is COC(=O)C(Cc1ccc(-c2cc(Cl)cn(Cc3ccccc3)c2=O)cc1)NC(=O)c1c(C)cccc1Cl. The third kappa shape index (κ3) is 6.33. The first kappa shape index (κ1) is 27.2. The fourth-order valence-electron chi connectivity index (χ4n) is 4.25. The van der Waals surface area contributed by atoms with Crippen molar-refractivity contribution in [3.63, 3.8) is 0 Å². The number of halogens is 2. The number of aryl methyl sites for hydroxylation is 1. The molecule has 0 saturated carbocycles. The summed E-state index contributed by atoms with van der Waals surface area (Å²) >= 11 is 12.6. The number of esters is 1. The fourth-order valence-corrected chi connectivity index (χ4v) is 4.78. The number of nitrogens with zero attached hydrogens (tertiary/aromatic N) is 1. The number of ether oxygens (including phenoxy) is 1. The largest absolute Gasteiger partial charge is 0.467 e. The Morgan fingerprint density at radius 2 is 1.66 bits per heavy atom. The van der Waals surface area contributed by atoms with E-state index in [1.165, 1.54) is 7.11 Å². The third-order valence-corrected chi connectivity index (χ3v) is 6.71. The molecule has 1 N–H and O–H groups in total. The van der Waals surface area contributed by atoms with Gasteiger partial charge in [-0.15, -0.1) is 0 Å². The Morgan fingerprint density at radius 3 is 2.32 bits per heavy atom. The minimum absolute atomic E-state index is 0.166. The van der Waals surface area contributed by atoms with Crippen LogP contribution in [0.3, 0.4) is 0 Å². The van der Waals surface area contributed by atoms with Crippen molar-refractivity contribution in [3.05, 3.63) is 128 Å². The number of aromatic nitrogens is 1. The lowest BCUT2D eigenvalue weighted by atomic mass is 10.0. The number of methoxy groups -OCH3 is 1. The number of rotatable bonds is 8. The van der Waals surface area contributed by atoms with Gasteiger partial charge < -0.3 is 14.6 Å². The van der Waals surface area contributed by atoms with Gasteiger partial charge in [0.05, 0.1) is 29.3 Å². The lowest BCUT2D eigenvalue weighted by Crippen LogP contribution is -2.43. The Balaban J connectivity index is 1.55. The molecule has 0 aliphatic carbocycles. The van der Waals surface area contributed by atoms with Crippen molar-refractivity contribution in [2.45, 2.75) is 25.9 Å². The molecule has 4 aromatic rings. The molecule has 1 unspecified atom stereocenters. The van der Waals surface area contributed by atoms with E-state index in [2.05, 4.69) is 5.32 Å². The second-order valence-electron chi connectivity index (χ2n) is 8.87. The van der Waals surface area contributed by atoms with Crippen molar-refractivity contribution in [2.24, 2.45) is 0 Å². The zero-order valence-electron chi connectivity index (χ0n) is 20.9. The van der Waals surface area contributed by atoms with Gasteiger partial charge in [0, 0.05) is 18.2 Å². The van der Waals surface area contributed by atoms with Gasteiger partial charge in [-0.2, -0.15) is 0 Å². The first-order valence-corrected chi connectivity index (χ1v) is 12.7. The van der Waals surface area contributed by atoms with Crippen LogP contribution in [0, 0.1) is 6.92 Å². The predicted molar refractivity (Wildman–Crippen MR) is 150 cm³/mol. The van der Waals surface area contributed by atoms with Crippen LogP contribution in [0.2, 0.25) is 10.0 Å². The molecule has 0 fully saturated rings. The second kappa shape index (κ2) is 12.1. The summed E-state index contributed by atoms with van der Waals surface area (Å²) in [6.07, 6.45) is 1.81. The molecule has 0 aliphatic heterocycles. The molecular weight excluding hydrogens is 523 g/mol. The van der Waals surface area contributed by atoms with Gasteiger partial charge in [0.25, 0.3) is 11.5 Å². The molecule has 4 rings (SSSR count). The van der Waals surface area contributed by atoms with E-state index in [4.69, 9.17) is 27.9 Å². The number of carbonyl (C=O) groups is 2. The van der Waals surface area contributed by atoms with Gasteiger partial charge in [0.1, 0.15) is 6.04 Å². The van der Waals surface area contributed by atoms with Crippen LogP contribution in [0.25, 0.3) is 11.1 Å². The summed E-state index contributed by atoms with van der Waals surface area (Å²) in [5.41, 5.74) is 3.75.